The van der Waals surface area contributed by atoms with Gasteiger partial charge >= 0.3 is 0 Å². The molecule has 0 bridgehead atoms. The fourth-order valence-electron chi connectivity index (χ4n) is 1.11. The highest BCUT2D eigenvalue weighted by Crippen LogP contribution is 2.25. The second-order valence-electron chi connectivity index (χ2n) is 3.40. The number of rotatable bonds is 5. The molecule has 0 aromatic heterocycles. The van der Waals surface area contributed by atoms with Crippen molar-refractivity contribution in [1.82, 2.24) is 0 Å². The lowest BCUT2D eigenvalue weighted by atomic mass is 10.2. The fourth-order valence-corrected chi connectivity index (χ4v) is 1.11. The zero-order chi connectivity index (χ0) is 13.1. The molecule has 0 fully saturated rings. The van der Waals surface area contributed by atoms with Crippen molar-refractivity contribution in [2.24, 2.45) is 0 Å². The summed E-state index contributed by atoms with van der Waals surface area (Å²) in [5.74, 6) is -3.27. The minimum absolute atomic E-state index is 0.00654. The maximum absolute atomic E-state index is 12.7. The number of nitro benzene ring substituents is 1. The lowest BCUT2D eigenvalue weighted by Crippen LogP contribution is -2.31. The molecule has 94 valence electrons. The zero-order valence-corrected chi connectivity index (χ0v) is 8.69. The summed E-state index contributed by atoms with van der Waals surface area (Å²) >= 11 is 0. The average molecular weight is 247 g/mol. The number of halogens is 2. The van der Waals surface area contributed by atoms with Gasteiger partial charge in [0.15, 0.2) is 0 Å². The smallest absolute Gasteiger partial charge is 0.287 e. The number of nitrogens with zero attached hydrogens (tertiary/aromatic N) is 1. The first-order valence-corrected chi connectivity index (χ1v) is 4.62. The molecule has 0 aliphatic heterocycles. The Labute approximate surface area is 95.2 Å². The quantitative estimate of drug-likeness (QED) is 0.412. The molecule has 4 N–H and O–H groups in total. The third kappa shape index (κ3) is 3.52. The number of nitrogens with two attached hydrogens (primary N) is 1. The molecule has 1 aromatic rings. The lowest BCUT2D eigenvalue weighted by molar-refractivity contribution is -0.384. The van der Waals surface area contributed by atoms with Crippen molar-refractivity contribution >= 4 is 17.1 Å². The van der Waals surface area contributed by atoms with Crippen LogP contribution < -0.4 is 11.1 Å². The normalized spacial score (nSPS) is 11.2. The van der Waals surface area contributed by atoms with Gasteiger partial charge in [0, 0.05) is 12.1 Å². The molecule has 17 heavy (non-hydrogen) atoms. The number of hydrogen-bond acceptors (Lipinski definition) is 5. The Balaban J connectivity index is 2.77. The minimum atomic E-state index is -3.27. The van der Waals surface area contributed by atoms with Crippen molar-refractivity contribution in [2.45, 2.75) is 5.92 Å². The van der Waals surface area contributed by atoms with E-state index in [4.69, 9.17) is 10.8 Å². The van der Waals surface area contributed by atoms with Crippen LogP contribution in [-0.2, 0) is 0 Å². The van der Waals surface area contributed by atoms with E-state index in [2.05, 4.69) is 5.32 Å². The van der Waals surface area contributed by atoms with E-state index in [0.29, 0.717) is 0 Å². The number of anilines is 2. The summed E-state index contributed by atoms with van der Waals surface area (Å²) in [5.41, 5.74) is 5.38. The lowest BCUT2D eigenvalue weighted by Gasteiger charge is -2.15. The van der Waals surface area contributed by atoms with Crippen LogP contribution in [-0.4, -0.2) is 29.1 Å². The van der Waals surface area contributed by atoms with Crippen molar-refractivity contribution in [2.75, 3.05) is 24.2 Å². The SMILES string of the molecule is Nc1cc([N+](=O)[O-])ccc1NCC(F)(F)CO. The van der Waals surface area contributed by atoms with E-state index < -0.39 is 24.0 Å². The zero-order valence-electron chi connectivity index (χ0n) is 8.69. The Kier molecular flexibility index (Phi) is 3.79. The van der Waals surface area contributed by atoms with Gasteiger partial charge in [-0.15, -0.1) is 0 Å². The topological polar surface area (TPSA) is 101 Å². The largest absolute Gasteiger partial charge is 0.397 e. The molecule has 0 saturated carbocycles. The molecule has 0 heterocycles. The number of benzene rings is 1. The highest BCUT2D eigenvalue weighted by atomic mass is 19.3. The predicted octanol–water partition coefficient (Wildman–Crippen LogP) is 1.22. The molecule has 0 atom stereocenters. The van der Waals surface area contributed by atoms with Gasteiger partial charge in [-0.1, -0.05) is 0 Å². The van der Waals surface area contributed by atoms with Crippen molar-refractivity contribution < 1.29 is 18.8 Å². The van der Waals surface area contributed by atoms with Crippen LogP contribution in [0.5, 0.6) is 0 Å². The van der Waals surface area contributed by atoms with Gasteiger partial charge in [0.1, 0.15) is 6.61 Å². The molecule has 6 nitrogen and oxygen atoms in total. The maximum atomic E-state index is 12.7. The van der Waals surface area contributed by atoms with Gasteiger partial charge in [0.2, 0.25) is 0 Å². The summed E-state index contributed by atoms with van der Waals surface area (Å²) in [4.78, 5) is 9.77. The molecule has 0 aliphatic rings. The van der Waals surface area contributed by atoms with Crippen LogP contribution >= 0.6 is 0 Å². The summed E-state index contributed by atoms with van der Waals surface area (Å²) in [7, 11) is 0. The van der Waals surface area contributed by atoms with Crippen LogP contribution in [0.2, 0.25) is 0 Å². The summed E-state index contributed by atoms with van der Waals surface area (Å²) in [6.07, 6.45) is 0. The van der Waals surface area contributed by atoms with Gasteiger partial charge in [-0.25, -0.2) is 8.78 Å². The van der Waals surface area contributed by atoms with Crippen molar-refractivity contribution in [1.29, 1.82) is 0 Å². The Morgan fingerprint density at radius 3 is 2.65 bits per heavy atom. The van der Waals surface area contributed by atoms with Crippen LogP contribution in [0.1, 0.15) is 0 Å². The molecule has 8 heteroatoms. The van der Waals surface area contributed by atoms with E-state index in [-0.39, 0.29) is 17.1 Å². The number of aliphatic hydroxyl groups is 1. The second-order valence-corrected chi connectivity index (χ2v) is 3.40. The standard InChI is InChI=1S/C9H11F2N3O3/c10-9(11,5-15)4-13-8-2-1-6(14(16)17)3-7(8)12/h1-3,13,15H,4-5,12H2. The monoisotopic (exact) mass is 247 g/mol. The Morgan fingerprint density at radius 2 is 2.18 bits per heavy atom. The molecule has 1 aromatic carbocycles. The van der Waals surface area contributed by atoms with Crippen LogP contribution in [0.3, 0.4) is 0 Å². The molecule has 0 saturated heterocycles. The molecule has 0 spiro atoms. The summed E-state index contributed by atoms with van der Waals surface area (Å²) in [6.45, 7) is -2.08. The third-order valence-electron chi connectivity index (χ3n) is 2.01. The first kappa shape index (κ1) is 13.1. The van der Waals surface area contributed by atoms with E-state index in [0.717, 1.165) is 12.1 Å². The van der Waals surface area contributed by atoms with Gasteiger partial charge in [-0.2, -0.15) is 0 Å². The molecular formula is C9H11F2N3O3. The molecule has 0 unspecified atom stereocenters. The number of non-ortho nitro benzene ring substituents is 1. The van der Waals surface area contributed by atoms with Gasteiger partial charge in [-0.05, 0) is 6.07 Å². The number of nitrogens with one attached hydrogen (secondary N) is 1. The number of nitro groups is 1. The highest BCUT2D eigenvalue weighted by molar-refractivity contribution is 5.69. The third-order valence-corrected chi connectivity index (χ3v) is 2.01. The van der Waals surface area contributed by atoms with Crippen molar-refractivity contribution in [3.05, 3.63) is 28.3 Å². The van der Waals surface area contributed by atoms with E-state index >= 15 is 0 Å². The Hall–Kier alpha value is -1.96. The summed E-state index contributed by atoms with van der Waals surface area (Å²) in [6, 6.07) is 3.45. The van der Waals surface area contributed by atoms with Crippen LogP contribution in [0.4, 0.5) is 25.8 Å². The van der Waals surface area contributed by atoms with Gasteiger partial charge in [0.05, 0.1) is 22.8 Å². The molecular weight excluding hydrogens is 236 g/mol. The summed E-state index contributed by atoms with van der Waals surface area (Å²) in [5, 5.41) is 21.1. The van der Waals surface area contributed by atoms with Crippen LogP contribution in [0.25, 0.3) is 0 Å². The first-order valence-electron chi connectivity index (χ1n) is 4.62. The first-order chi connectivity index (χ1) is 7.85. The fraction of sp³-hybridized carbons (Fsp3) is 0.333. The Morgan fingerprint density at radius 1 is 1.53 bits per heavy atom. The number of alkyl halides is 2. The number of hydrogen-bond donors (Lipinski definition) is 3. The second kappa shape index (κ2) is 4.91. The van der Waals surface area contributed by atoms with Gasteiger partial charge in [-0.3, -0.25) is 10.1 Å². The molecule has 0 aliphatic carbocycles. The molecule has 0 amide bonds. The predicted molar refractivity (Wildman–Crippen MR) is 58.0 cm³/mol. The van der Waals surface area contributed by atoms with E-state index in [1.807, 2.05) is 0 Å². The minimum Gasteiger partial charge on any atom is -0.397 e. The Bertz CT molecular complexity index is 426. The van der Waals surface area contributed by atoms with E-state index in [9.17, 15) is 18.9 Å². The van der Waals surface area contributed by atoms with E-state index in [1.54, 1.807) is 0 Å². The molecule has 1 rings (SSSR count). The average Bonchev–Trinajstić information content (AvgIpc) is 2.27. The highest BCUT2D eigenvalue weighted by Gasteiger charge is 2.27. The van der Waals surface area contributed by atoms with Gasteiger partial charge in [0.25, 0.3) is 11.6 Å². The van der Waals surface area contributed by atoms with Gasteiger partial charge < -0.3 is 16.2 Å². The van der Waals surface area contributed by atoms with Crippen LogP contribution in [0.15, 0.2) is 18.2 Å². The number of nitrogen functional groups attached to an aromatic ring is 1. The number of aliphatic hydroxyl groups excluding tert-OH is 1. The van der Waals surface area contributed by atoms with E-state index in [1.165, 1.54) is 6.07 Å². The maximum Gasteiger partial charge on any atom is 0.287 e. The van der Waals surface area contributed by atoms with Crippen molar-refractivity contribution in [3.8, 4) is 0 Å². The summed E-state index contributed by atoms with van der Waals surface area (Å²) < 4.78 is 25.4. The molecule has 0 radical (unpaired) electrons. The van der Waals surface area contributed by atoms with Crippen LogP contribution in [0, 0.1) is 10.1 Å². The van der Waals surface area contributed by atoms with Crippen molar-refractivity contribution in [3.63, 3.8) is 0 Å².